The molecule has 0 aliphatic carbocycles. The van der Waals surface area contributed by atoms with Crippen LogP contribution >= 0.6 is 0 Å². The molecule has 0 bridgehead atoms. The van der Waals surface area contributed by atoms with E-state index in [4.69, 9.17) is 0 Å². The van der Waals surface area contributed by atoms with E-state index in [1.165, 1.54) is 12.2 Å². The summed E-state index contributed by atoms with van der Waals surface area (Å²) in [5.74, 6) is -1.04. The molecule has 2 rings (SSSR count). The third-order valence-electron chi connectivity index (χ3n) is 3.33. The van der Waals surface area contributed by atoms with E-state index in [-0.39, 0.29) is 11.6 Å². The van der Waals surface area contributed by atoms with Gasteiger partial charge < -0.3 is 0 Å². The molecule has 2 aromatic rings. The summed E-state index contributed by atoms with van der Waals surface area (Å²) in [7, 11) is 0. The van der Waals surface area contributed by atoms with Crippen LogP contribution in [0.15, 0.2) is 72.8 Å². The zero-order valence-electron chi connectivity index (χ0n) is 12.5. The molecule has 22 heavy (non-hydrogen) atoms. The standard InChI is InChI=1S/C20H18O2/c1-16(19(21)14-12-17-8-4-2-5-9-17)20(22)15-13-18-10-6-3-7-11-18/h2-16H,1H3/b14-12+,15-13+. The minimum atomic E-state index is -0.667. The quantitative estimate of drug-likeness (QED) is 0.590. The molecule has 0 saturated carbocycles. The van der Waals surface area contributed by atoms with Crippen LogP contribution in [0.4, 0.5) is 0 Å². The van der Waals surface area contributed by atoms with E-state index in [0.29, 0.717) is 0 Å². The highest BCUT2D eigenvalue weighted by molar-refractivity contribution is 6.13. The largest absolute Gasteiger partial charge is 0.294 e. The normalized spacial score (nSPS) is 11.4. The first-order valence-electron chi connectivity index (χ1n) is 7.21. The zero-order chi connectivity index (χ0) is 15.8. The van der Waals surface area contributed by atoms with Gasteiger partial charge in [-0.1, -0.05) is 72.8 Å². The molecule has 2 heteroatoms. The summed E-state index contributed by atoms with van der Waals surface area (Å²) >= 11 is 0. The highest BCUT2D eigenvalue weighted by Crippen LogP contribution is 2.08. The van der Waals surface area contributed by atoms with Crippen LogP contribution in [-0.2, 0) is 9.59 Å². The Kier molecular flexibility index (Phi) is 5.61. The summed E-state index contributed by atoms with van der Waals surface area (Å²) in [6.45, 7) is 1.63. The Balaban J connectivity index is 1.97. The second-order valence-corrected chi connectivity index (χ2v) is 5.01. The Bertz CT molecular complexity index is 621. The van der Waals surface area contributed by atoms with Gasteiger partial charge in [0.1, 0.15) is 0 Å². The summed E-state index contributed by atoms with van der Waals surface area (Å²) in [5, 5.41) is 0. The van der Waals surface area contributed by atoms with Gasteiger partial charge in [0.2, 0.25) is 0 Å². The predicted octanol–water partition coefficient (Wildman–Crippen LogP) is 4.19. The van der Waals surface area contributed by atoms with Crippen LogP contribution in [0, 0.1) is 5.92 Å². The van der Waals surface area contributed by atoms with E-state index in [1.807, 2.05) is 60.7 Å². The molecule has 0 fully saturated rings. The van der Waals surface area contributed by atoms with Crippen molar-refractivity contribution in [2.24, 2.45) is 5.92 Å². The van der Waals surface area contributed by atoms with Crippen molar-refractivity contribution in [2.45, 2.75) is 6.92 Å². The lowest BCUT2D eigenvalue weighted by Gasteiger charge is -2.02. The predicted molar refractivity (Wildman–Crippen MR) is 90.1 cm³/mol. The second-order valence-electron chi connectivity index (χ2n) is 5.01. The van der Waals surface area contributed by atoms with Crippen LogP contribution in [0.3, 0.4) is 0 Å². The molecule has 0 aromatic heterocycles. The third kappa shape index (κ3) is 4.67. The molecule has 2 nitrogen and oxygen atoms in total. The van der Waals surface area contributed by atoms with Gasteiger partial charge in [0.25, 0.3) is 0 Å². The minimum absolute atomic E-state index is 0.188. The smallest absolute Gasteiger partial charge is 0.166 e. The molecule has 0 saturated heterocycles. The van der Waals surface area contributed by atoms with Crippen molar-refractivity contribution in [1.29, 1.82) is 0 Å². The van der Waals surface area contributed by atoms with Gasteiger partial charge in [-0.25, -0.2) is 0 Å². The number of carbonyl (C=O) groups is 2. The average Bonchev–Trinajstić information content (AvgIpc) is 2.58. The molecule has 0 N–H and O–H groups in total. The van der Waals surface area contributed by atoms with Crippen LogP contribution in [-0.4, -0.2) is 11.6 Å². The molecule has 0 atom stereocenters. The highest BCUT2D eigenvalue weighted by Gasteiger charge is 2.16. The first-order valence-corrected chi connectivity index (χ1v) is 7.21. The van der Waals surface area contributed by atoms with Gasteiger partial charge in [-0.15, -0.1) is 0 Å². The zero-order valence-corrected chi connectivity index (χ0v) is 12.5. The average molecular weight is 290 g/mol. The molecular weight excluding hydrogens is 272 g/mol. The van der Waals surface area contributed by atoms with Gasteiger partial charge in [0, 0.05) is 0 Å². The molecule has 0 aliphatic rings. The number of rotatable bonds is 6. The van der Waals surface area contributed by atoms with Gasteiger partial charge >= 0.3 is 0 Å². The Morgan fingerprint density at radius 2 is 1.09 bits per heavy atom. The second kappa shape index (κ2) is 7.89. The summed E-state index contributed by atoms with van der Waals surface area (Å²) in [5.41, 5.74) is 1.88. The third-order valence-corrected chi connectivity index (χ3v) is 3.33. The number of hydrogen-bond donors (Lipinski definition) is 0. The van der Waals surface area contributed by atoms with Gasteiger partial charge in [0.15, 0.2) is 11.6 Å². The van der Waals surface area contributed by atoms with E-state index in [0.717, 1.165) is 11.1 Å². The van der Waals surface area contributed by atoms with Gasteiger partial charge in [0.05, 0.1) is 5.92 Å². The van der Waals surface area contributed by atoms with Crippen LogP contribution in [0.5, 0.6) is 0 Å². The number of carbonyl (C=O) groups excluding carboxylic acids is 2. The van der Waals surface area contributed by atoms with Crippen LogP contribution < -0.4 is 0 Å². The molecule has 2 aromatic carbocycles. The lowest BCUT2D eigenvalue weighted by molar-refractivity contribution is -0.126. The van der Waals surface area contributed by atoms with Crippen molar-refractivity contribution >= 4 is 23.7 Å². The first kappa shape index (κ1) is 15.6. The van der Waals surface area contributed by atoms with Crippen molar-refractivity contribution < 1.29 is 9.59 Å². The van der Waals surface area contributed by atoms with E-state index in [1.54, 1.807) is 19.1 Å². The number of allylic oxidation sites excluding steroid dienone is 2. The highest BCUT2D eigenvalue weighted by atomic mass is 16.1. The molecule has 0 radical (unpaired) electrons. The summed E-state index contributed by atoms with van der Waals surface area (Å²) in [6, 6.07) is 19.1. The maximum Gasteiger partial charge on any atom is 0.166 e. The topological polar surface area (TPSA) is 34.1 Å². The summed E-state index contributed by atoms with van der Waals surface area (Å²) in [4.78, 5) is 24.1. The van der Waals surface area contributed by atoms with E-state index in [9.17, 15) is 9.59 Å². The number of benzene rings is 2. The van der Waals surface area contributed by atoms with E-state index >= 15 is 0 Å². The van der Waals surface area contributed by atoms with Crippen molar-refractivity contribution in [2.75, 3.05) is 0 Å². The maximum atomic E-state index is 12.0. The van der Waals surface area contributed by atoms with Crippen LogP contribution in [0.1, 0.15) is 18.1 Å². The lowest BCUT2D eigenvalue weighted by atomic mass is 9.99. The van der Waals surface area contributed by atoms with Gasteiger partial charge in [-0.05, 0) is 30.2 Å². The molecule has 0 aliphatic heterocycles. The minimum Gasteiger partial charge on any atom is -0.294 e. The van der Waals surface area contributed by atoms with Gasteiger partial charge in [-0.2, -0.15) is 0 Å². The monoisotopic (exact) mass is 290 g/mol. The fraction of sp³-hybridized carbons (Fsp3) is 0.100. The van der Waals surface area contributed by atoms with Gasteiger partial charge in [-0.3, -0.25) is 9.59 Å². The molecular formula is C20H18O2. The van der Waals surface area contributed by atoms with E-state index in [2.05, 4.69) is 0 Å². The fourth-order valence-electron chi connectivity index (χ4n) is 1.91. The van der Waals surface area contributed by atoms with Crippen LogP contribution in [0.2, 0.25) is 0 Å². The van der Waals surface area contributed by atoms with Crippen molar-refractivity contribution in [3.8, 4) is 0 Å². The summed E-state index contributed by atoms with van der Waals surface area (Å²) in [6.07, 6.45) is 6.39. The summed E-state index contributed by atoms with van der Waals surface area (Å²) < 4.78 is 0. The fourth-order valence-corrected chi connectivity index (χ4v) is 1.91. The Morgan fingerprint density at radius 1 is 0.727 bits per heavy atom. The van der Waals surface area contributed by atoms with E-state index < -0.39 is 5.92 Å². The Morgan fingerprint density at radius 3 is 1.45 bits per heavy atom. The maximum absolute atomic E-state index is 12.0. The SMILES string of the molecule is CC(C(=O)/C=C/c1ccccc1)C(=O)/C=C/c1ccccc1. The lowest BCUT2D eigenvalue weighted by Crippen LogP contribution is -2.17. The van der Waals surface area contributed by atoms with Crippen molar-refractivity contribution in [3.05, 3.63) is 83.9 Å². The molecule has 0 unspecified atom stereocenters. The number of hydrogen-bond acceptors (Lipinski definition) is 2. The first-order chi connectivity index (χ1) is 10.7. The van der Waals surface area contributed by atoms with Crippen LogP contribution in [0.25, 0.3) is 12.2 Å². The Labute approximate surface area is 130 Å². The van der Waals surface area contributed by atoms with Crippen molar-refractivity contribution in [3.63, 3.8) is 0 Å². The Hall–Kier alpha value is -2.74. The molecule has 0 amide bonds. The molecule has 110 valence electrons. The van der Waals surface area contributed by atoms with Crippen molar-refractivity contribution in [1.82, 2.24) is 0 Å². The number of ketones is 2. The molecule has 0 spiro atoms. The molecule has 0 heterocycles.